The number of nitrogens with zero attached hydrogens (tertiary/aromatic N) is 4. The van der Waals surface area contributed by atoms with Crippen LogP contribution in [0.3, 0.4) is 0 Å². The van der Waals surface area contributed by atoms with Crippen LogP contribution in [0.2, 0.25) is 0 Å². The minimum absolute atomic E-state index is 0.296. The van der Waals surface area contributed by atoms with E-state index in [0.717, 1.165) is 47.2 Å². The zero-order valence-electron chi connectivity index (χ0n) is 14.1. The molecular weight excluding hydrogens is 370 g/mol. The molecule has 0 amide bonds. The molecule has 0 unspecified atom stereocenters. The van der Waals surface area contributed by atoms with E-state index in [1.165, 1.54) is 0 Å². The lowest BCUT2D eigenvalue weighted by atomic mass is 9.87. The molecule has 0 aromatic carbocycles. The third-order valence-corrected chi connectivity index (χ3v) is 4.98. The molecule has 24 heavy (non-hydrogen) atoms. The maximum Gasteiger partial charge on any atom is 0.116 e. The summed E-state index contributed by atoms with van der Waals surface area (Å²) in [7, 11) is 0. The molecule has 1 saturated carbocycles. The van der Waals surface area contributed by atoms with Crippen LogP contribution in [-0.4, -0.2) is 37.7 Å². The number of aromatic nitrogens is 4. The average Bonchev–Trinajstić information content (AvgIpc) is 3.04. The van der Waals surface area contributed by atoms with Gasteiger partial charge in [0.1, 0.15) is 10.3 Å². The first-order valence-corrected chi connectivity index (χ1v) is 9.31. The summed E-state index contributed by atoms with van der Waals surface area (Å²) in [6.07, 6.45) is 8.03. The number of anilines is 1. The third kappa shape index (κ3) is 3.95. The molecule has 0 atom stereocenters. The van der Waals surface area contributed by atoms with Crippen molar-refractivity contribution in [2.45, 2.75) is 51.6 Å². The van der Waals surface area contributed by atoms with Gasteiger partial charge in [-0.1, -0.05) is 5.21 Å². The van der Waals surface area contributed by atoms with Crippen LogP contribution in [0.4, 0.5) is 5.69 Å². The number of nitrogens with one attached hydrogen (secondary N) is 1. The normalized spacial score (nSPS) is 21.2. The van der Waals surface area contributed by atoms with Gasteiger partial charge in [-0.05, 0) is 67.4 Å². The number of aliphatic hydroxyl groups is 1. The monoisotopic (exact) mass is 393 g/mol. The molecule has 1 aliphatic carbocycles. The zero-order valence-corrected chi connectivity index (χ0v) is 15.7. The van der Waals surface area contributed by atoms with Gasteiger partial charge >= 0.3 is 0 Å². The van der Waals surface area contributed by atoms with Gasteiger partial charge in [-0.15, -0.1) is 5.10 Å². The minimum Gasteiger partial charge on any atom is -0.396 e. The fourth-order valence-corrected chi connectivity index (χ4v) is 3.57. The topological polar surface area (TPSA) is 75.9 Å². The quantitative estimate of drug-likeness (QED) is 0.758. The first kappa shape index (κ1) is 17.4. The predicted molar refractivity (Wildman–Crippen MR) is 97.8 cm³/mol. The molecule has 1 fully saturated rings. The summed E-state index contributed by atoms with van der Waals surface area (Å²) in [6.45, 7) is 4.51. The highest BCUT2D eigenvalue weighted by Crippen LogP contribution is 2.33. The van der Waals surface area contributed by atoms with Gasteiger partial charge in [0.2, 0.25) is 0 Å². The lowest BCUT2D eigenvalue weighted by molar-refractivity contribution is 0.164. The van der Waals surface area contributed by atoms with Crippen molar-refractivity contribution in [3.63, 3.8) is 0 Å². The van der Waals surface area contributed by atoms with Crippen LogP contribution in [0.25, 0.3) is 11.3 Å². The Bertz CT molecular complexity index is 679. The molecule has 0 radical (unpaired) electrons. The van der Waals surface area contributed by atoms with Crippen LogP contribution in [0, 0.1) is 5.92 Å². The minimum atomic E-state index is 0.296. The zero-order chi connectivity index (χ0) is 17.1. The summed E-state index contributed by atoms with van der Waals surface area (Å²) in [4.78, 5) is 4.34. The molecule has 2 aromatic heterocycles. The second kappa shape index (κ2) is 7.61. The SMILES string of the molecule is CC(C)Nc1cc(Br)ncc1-c1cn([C@H]2CC[C@H](CO)CC2)nn1. The number of hydrogen-bond acceptors (Lipinski definition) is 5. The number of hydrogen-bond donors (Lipinski definition) is 2. The molecule has 7 heteroatoms. The molecular formula is C17H24BrN5O. The van der Waals surface area contributed by atoms with E-state index in [0.29, 0.717) is 24.6 Å². The maximum absolute atomic E-state index is 9.27. The Kier molecular flexibility index (Phi) is 5.50. The van der Waals surface area contributed by atoms with E-state index < -0.39 is 0 Å². The van der Waals surface area contributed by atoms with E-state index in [1.807, 2.05) is 23.1 Å². The highest BCUT2D eigenvalue weighted by Gasteiger charge is 2.23. The van der Waals surface area contributed by atoms with E-state index in [2.05, 4.69) is 50.4 Å². The van der Waals surface area contributed by atoms with Gasteiger partial charge in [-0.2, -0.15) is 0 Å². The smallest absolute Gasteiger partial charge is 0.116 e. The summed E-state index contributed by atoms with van der Waals surface area (Å²) < 4.78 is 2.77. The van der Waals surface area contributed by atoms with E-state index in [-0.39, 0.29) is 0 Å². The summed E-state index contributed by atoms with van der Waals surface area (Å²) in [5, 5.41) is 21.4. The van der Waals surface area contributed by atoms with Crippen LogP contribution in [0.5, 0.6) is 0 Å². The number of aliphatic hydroxyl groups excluding tert-OH is 1. The van der Waals surface area contributed by atoms with Crippen molar-refractivity contribution in [1.29, 1.82) is 0 Å². The molecule has 0 spiro atoms. The summed E-state index contributed by atoms with van der Waals surface area (Å²) in [5.41, 5.74) is 2.80. The van der Waals surface area contributed by atoms with Crippen molar-refractivity contribution in [3.05, 3.63) is 23.1 Å². The van der Waals surface area contributed by atoms with Gasteiger partial charge in [0.05, 0.1) is 12.2 Å². The third-order valence-electron chi connectivity index (χ3n) is 4.55. The molecule has 3 rings (SSSR count). The molecule has 2 heterocycles. The molecule has 1 aliphatic rings. The lowest BCUT2D eigenvalue weighted by Crippen LogP contribution is -2.20. The van der Waals surface area contributed by atoms with E-state index >= 15 is 0 Å². The van der Waals surface area contributed by atoms with E-state index in [4.69, 9.17) is 0 Å². The molecule has 2 aromatic rings. The Morgan fingerprint density at radius 3 is 2.75 bits per heavy atom. The van der Waals surface area contributed by atoms with Crippen molar-refractivity contribution >= 4 is 21.6 Å². The summed E-state index contributed by atoms with van der Waals surface area (Å²) in [6, 6.07) is 2.67. The van der Waals surface area contributed by atoms with Crippen LogP contribution in [0.15, 0.2) is 23.1 Å². The second-order valence-electron chi connectivity index (χ2n) is 6.79. The fourth-order valence-electron chi connectivity index (χ4n) is 3.23. The Hall–Kier alpha value is -1.47. The highest BCUT2D eigenvalue weighted by molar-refractivity contribution is 9.10. The van der Waals surface area contributed by atoms with Gasteiger partial charge in [0.15, 0.2) is 0 Å². The Morgan fingerprint density at radius 1 is 1.33 bits per heavy atom. The van der Waals surface area contributed by atoms with Crippen LogP contribution in [0.1, 0.15) is 45.6 Å². The lowest BCUT2D eigenvalue weighted by Gasteiger charge is -2.26. The van der Waals surface area contributed by atoms with Crippen LogP contribution in [-0.2, 0) is 0 Å². The Morgan fingerprint density at radius 2 is 2.08 bits per heavy atom. The van der Waals surface area contributed by atoms with Gasteiger partial charge in [-0.25, -0.2) is 9.67 Å². The molecule has 2 N–H and O–H groups in total. The maximum atomic E-state index is 9.27. The van der Waals surface area contributed by atoms with Crippen molar-refractivity contribution in [2.75, 3.05) is 11.9 Å². The summed E-state index contributed by atoms with van der Waals surface area (Å²) in [5.74, 6) is 0.446. The van der Waals surface area contributed by atoms with Gasteiger partial charge in [-0.3, -0.25) is 0 Å². The molecule has 0 aliphatic heterocycles. The molecule has 130 valence electrons. The summed E-state index contributed by atoms with van der Waals surface area (Å²) >= 11 is 3.43. The first-order chi connectivity index (χ1) is 11.6. The van der Waals surface area contributed by atoms with Gasteiger partial charge < -0.3 is 10.4 Å². The number of halogens is 1. The number of rotatable bonds is 5. The van der Waals surface area contributed by atoms with Gasteiger partial charge in [0, 0.05) is 30.1 Å². The predicted octanol–water partition coefficient (Wildman–Crippen LogP) is 3.65. The van der Waals surface area contributed by atoms with E-state index in [1.54, 1.807) is 0 Å². The molecule has 0 saturated heterocycles. The Labute approximate surface area is 150 Å². The first-order valence-electron chi connectivity index (χ1n) is 8.52. The van der Waals surface area contributed by atoms with Crippen molar-refractivity contribution in [2.24, 2.45) is 5.92 Å². The largest absolute Gasteiger partial charge is 0.396 e. The Balaban J connectivity index is 1.81. The van der Waals surface area contributed by atoms with Crippen molar-refractivity contribution < 1.29 is 5.11 Å². The van der Waals surface area contributed by atoms with Crippen LogP contribution < -0.4 is 5.32 Å². The van der Waals surface area contributed by atoms with Crippen LogP contribution >= 0.6 is 15.9 Å². The van der Waals surface area contributed by atoms with E-state index in [9.17, 15) is 5.11 Å². The van der Waals surface area contributed by atoms with Crippen molar-refractivity contribution in [1.82, 2.24) is 20.0 Å². The molecule has 6 nitrogen and oxygen atoms in total. The fraction of sp³-hybridized carbons (Fsp3) is 0.588. The van der Waals surface area contributed by atoms with Gasteiger partial charge in [0.25, 0.3) is 0 Å². The standard InChI is InChI=1S/C17H24BrN5O/c1-11(2)20-15-7-17(18)19-8-14(15)16-9-23(22-21-16)13-5-3-12(10-24)4-6-13/h7-9,11-13,24H,3-6,10H2,1-2H3,(H,19,20)/t12-,13-. The average molecular weight is 394 g/mol. The second-order valence-corrected chi connectivity index (χ2v) is 7.61. The molecule has 0 bridgehead atoms. The highest BCUT2D eigenvalue weighted by atomic mass is 79.9. The van der Waals surface area contributed by atoms with Crippen molar-refractivity contribution in [3.8, 4) is 11.3 Å². The number of pyridine rings is 1.